The molecule has 1 aliphatic rings. The summed E-state index contributed by atoms with van der Waals surface area (Å²) in [5.41, 5.74) is 0. The van der Waals surface area contributed by atoms with Crippen LogP contribution in [0.15, 0.2) is 0 Å². The number of carbonyl (C=O) groups is 1. The Bertz CT molecular complexity index is 168. The van der Waals surface area contributed by atoms with Gasteiger partial charge in [-0.1, -0.05) is 19.8 Å². The van der Waals surface area contributed by atoms with Crippen molar-refractivity contribution in [2.45, 2.75) is 45.1 Å². The lowest BCUT2D eigenvalue weighted by atomic mass is 9.89. The molecule has 13 heavy (non-hydrogen) atoms. The van der Waals surface area contributed by atoms with Gasteiger partial charge in [-0.05, 0) is 18.8 Å². The minimum Gasteiger partial charge on any atom is -0.481 e. The van der Waals surface area contributed by atoms with E-state index < -0.39 is 5.97 Å². The Labute approximate surface area is 79.1 Å². The van der Waals surface area contributed by atoms with Crippen molar-refractivity contribution in [3.63, 3.8) is 0 Å². The van der Waals surface area contributed by atoms with Gasteiger partial charge in [0, 0.05) is 0 Å². The molecule has 1 N–H and O–H groups in total. The predicted molar refractivity (Wildman–Crippen MR) is 49.6 cm³/mol. The summed E-state index contributed by atoms with van der Waals surface area (Å²) >= 11 is 0. The van der Waals surface area contributed by atoms with Crippen molar-refractivity contribution in [2.24, 2.45) is 5.92 Å². The number of carboxylic acids is 1. The maximum Gasteiger partial charge on any atom is 0.305 e. The molecule has 0 spiro atoms. The summed E-state index contributed by atoms with van der Waals surface area (Å²) in [6, 6.07) is 0. The molecule has 0 bridgehead atoms. The highest BCUT2D eigenvalue weighted by molar-refractivity contribution is 5.66. The minimum atomic E-state index is -0.774. The minimum absolute atomic E-state index is 0.130. The monoisotopic (exact) mass is 186 g/mol. The van der Waals surface area contributed by atoms with Gasteiger partial charge in [-0.3, -0.25) is 4.79 Å². The highest BCUT2D eigenvalue weighted by Gasteiger charge is 2.19. The number of rotatable bonds is 4. The summed E-state index contributed by atoms with van der Waals surface area (Å²) in [5, 5.41) is 8.41. The summed E-state index contributed by atoms with van der Waals surface area (Å²) in [6.07, 6.45) is 5.15. The quantitative estimate of drug-likeness (QED) is 0.731. The third-order valence-corrected chi connectivity index (χ3v) is 2.56. The van der Waals surface area contributed by atoms with E-state index in [0.29, 0.717) is 12.7 Å². The smallest absolute Gasteiger partial charge is 0.305 e. The van der Waals surface area contributed by atoms with E-state index in [9.17, 15) is 4.79 Å². The van der Waals surface area contributed by atoms with Crippen LogP contribution in [0.1, 0.15) is 39.0 Å². The molecule has 0 aliphatic heterocycles. The Morgan fingerprint density at radius 2 is 2.31 bits per heavy atom. The Balaban J connectivity index is 2.10. The van der Waals surface area contributed by atoms with Gasteiger partial charge in [-0.2, -0.15) is 0 Å². The van der Waals surface area contributed by atoms with Crippen LogP contribution in [0, 0.1) is 5.92 Å². The van der Waals surface area contributed by atoms with E-state index >= 15 is 0 Å². The summed E-state index contributed by atoms with van der Waals surface area (Å²) in [6.45, 7) is 2.60. The summed E-state index contributed by atoms with van der Waals surface area (Å²) in [7, 11) is 0. The first-order valence-electron chi connectivity index (χ1n) is 5.02. The van der Waals surface area contributed by atoms with Crippen LogP contribution in [-0.2, 0) is 9.53 Å². The highest BCUT2D eigenvalue weighted by atomic mass is 16.5. The molecule has 0 aromatic carbocycles. The lowest BCUT2D eigenvalue weighted by Gasteiger charge is -2.26. The second-order valence-corrected chi connectivity index (χ2v) is 3.91. The molecule has 2 unspecified atom stereocenters. The van der Waals surface area contributed by atoms with Gasteiger partial charge in [0.2, 0.25) is 0 Å². The third kappa shape index (κ3) is 4.27. The van der Waals surface area contributed by atoms with Crippen LogP contribution in [0.4, 0.5) is 0 Å². The number of hydrogen-bond acceptors (Lipinski definition) is 2. The average Bonchev–Trinajstić information content (AvgIpc) is 2.03. The summed E-state index contributed by atoms with van der Waals surface area (Å²) in [5.74, 6) is -0.0348. The lowest BCUT2D eigenvalue weighted by molar-refractivity contribution is -0.138. The van der Waals surface area contributed by atoms with Gasteiger partial charge in [0.1, 0.15) is 0 Å². The third-order valence-electron chi connectivity index (χ3n) is 2.56. The van der Waals surface area contributed by atoms with Crippen LogP contribution in [0.5, 0.6) is 0 Å². The van der Waals surface area contributed by atoms with E-state index in [1.165, 1.54) is 12.8 Å². The zero-order chi connectivity index (χ0) is 9.68. The van der Waals surface area contributed by atoms with Crippen molar-refractivity contribution in [3.05, 3.63) is 0 Å². The van der Waals surface area contributed by atoms with Crippen molar-refractivity contribution in [3.8, 4) is 0 Å². The van der Waals surface area contributed by atoms with Gasteiger partial charge < -0.3 is 9.84 Å². The average molecular weight is 186 g/mol. The fourth-order valence-corrected chi connectivity index (χ4v) is 1.84. The first-order chi connectivity index (χ1) is 6.18. The van der Waals surface area contributed by atoms with Crippen LogP contribution in [0.25, 0.3) is 0 Å². The molecule has 3 nitrogen and oxygen atoms in total. The maximum atomic E-state index is 10.2. The molecular weight excluding hydrogens is 168 g/mol. The van der Waals surface area contributed by atoms with Gasteiger partial charge >= 0.3 is 5.97 Å². The topological polar surface area (TPSA) is 46.5 Å². The summed E-state index contributed by atoms with van der Waals surface area (Å²) in [4.78, 5) is 10.2. The first-order valence-corrected chi connectivity index (χ1v) is 5.02. The Kier molecular flexibility index (Phi) is 4.22. The molecule has 3 heteroatoms. The fourth-order valence-electron chi connectivity index (χ4n) is 1.84. The van der Waals surface area contributed by atoms with Crippen LogP contribution >= 0.6 is 0 Å². The molecule has 1 fully saturated rings. The second-order valence-electron chi connectivity index (χ2n) is 3.91. The van der Waals surface area contributed by atoms with Crippen LogP contribution in [0.2, 0.25) is 0 Å². The van der Waals surface area contributed by atoms with Crippen molar-refractivity contribution in [2.75, 3.05) is 6.61 Å². The molecule has 0 aromatic heterocycles. The van der Waals surface area contributed by atoms with E-state index in [1.807, 2.05) is 0 Å². The number of carboxylic acid groups (broad SMARTS) is 1. The van der Waals surface area contributed by atoms with Gasteiger partial charge in [0.25, 0.3) is 0 Å². The molecule has 1 aliphatic carbocycles. The van der Waals surface area contributed by atoms with Crippen molar-refractivity contribution < 1.29 is 14.6 Å². The number of ether oxygens (including phenoxy) is 1. The maximum absolute atomic E-state index is 10.2. The van der Waals surface area contributed by atoms with Crippen LogP contribution in [-0.4, -0.2) is 23.8 Å². The molecule has 0 aromatic rings. The van der Waals surface area contributed by atoms with Crippen molar-refractivity contribution in [1.82, 2.24) is 0 Å². The van der Waals surface area contributed by atoms with E-state index in [2.05, 4.69) is 6.92 Å². The molecule has 1 rings (SSSR count). The Morgan fingerprint density at radius 1 is 1.54 bits per heavy atom. The molecule has 0 amide bonds. The van der Waals surface area contributed by atoms with Crippen molar-refractivity contribution in [1.29, 1.82) is 0 Å². The lowest BCUT2D eigenvalue weighted by Crippen LogP contribution is -2.22. The first kappa shape index (κ1) is 10.5. The van der Waals surface area contributed by atoms with E-state index in [1.54, 1.807) is 0 Å². The van der Waals surface area contributed by atoms with E-state index in [0.717, 1.165) is 18.8 Å². The fraction of sp³-hybridized carbons (Fsp3) is 0.900. The van der Waals surface area contributed by atoms with E-state index in [4.69, 9.17) is 9.84 Å². The Hall–Kier alpha value is -0.570. The SMILES string of the molecule is CC1CCCC(OCCC(=O)O)C1. The molecule has 0 radical (unpaired) electrons. The number of aliphatic carboxylic acids is 1. The molecular formula is C10H18O3. The van der Waals surface area contributed by atoms with Gasteiger partial charge in [-0.25, -0.2) is 0 Å². The normalized spacial score (nSPS) is 28.7. The molecule has 1 saturated carbocycles. The van der Waals surface area contributed by atoms with Gasteiger partial charge in [0.15, 0.2) is 0 Å². The largest absolute Gasteiger partial charge is 0.481 e. The second kappa shape index (κ2) is 5.22. The highest BCUT2D eigenvalue weighted by Crippen LogP contribution is 2.25. The molecule has 0 heterocycles. The number of hydrogen-bond donors (Lipinski definition) is 1. The Morgan fingerprint density at radius 3 is 2.92 bits per heavy atom. The molecule has 76 valence electrons. The van der Waals surface area contributed by atoms with Gasteiger partial charge in [0.05, 0.1) is 19.1 Å². The van der Waals surface area contributed by atoms with E-state index in [-0.39, 0.29) is 6.42 Å². The zero-order valence-corrected chi connectivity index (χ0v) is 8.16. The molecule has 2 atom stereocenters. The van der Waals surface area contributed by atoms with Crippen LogP contribution < -0.4 is 0 Å². The van der Waals surface area contributed by atoms with Crippen LogP contribution in [0.3, 0.4) is 0 Å². The van der Waals surface area contributed by atoms with Crippen molar-refractivity contribution >= 4 is 5.97 Å². The predicted octanol–water partition coefficient (Wildman–Crippen LogP) is 2.06. The van der Waals surface area contributed by atoms with Gasteiger partial charge in [-0.15, -0.1) is 0 Å². The standard InChI is InChI=1S/C10H18O3/c1-8-3-2-4-9(7-8)13-6-5-10(11)12/h8-9H,2-7H2,1H3,(H,11,12). The summed E-state index contributed by atoms with van der Waals surface area (Å²) < 4.78 is 5.48. The zero-order valence-electron chi connectivity index (χ0n) is 8.16. The molecule has 0 saturated heterocycles.